The molecule has 0 saturated heterocycles. The number of methoxy groups -OCH3 is 3. The number of anilines is 2. The second kappa shape index (κ2) is 9.88. The van der Waals surface area contributed by atoms with Crippen LogP contribution in [0.15, 0.2) is 18.3 Å². The van der Waals surface area contributed by atoms with E-state index in [0.29, 0.717) is 47.9 Å². The average molecular weight is 383 g/mol. The summed E-state index contributed by atoms with van der Waals surface area (Å²) in [5, 5.41) is 2.92. The molecule has 3 N–H and O–H groups in total. The van der Waals surface area contributed by atoms with E-state index in [1.807, 2.05) is 12.1 Å². The van der Waals surface area contributed by atoms with Crippen LogP contribution in [0, 0.1) is 0 Å². The number of aromatic nitrogens is 2. The normalized spacial score (nSPS) is 10.5. The Kier molecular flexibility index (Phi) is 7.55. The number of ether oxygens (including phenoxy) is 4. The third kappa shape index (κ3) is 5.03. The maximum absolute atomic E-state index is 6.06. The number of nitrogens with one attached hydrogen (secondary N) is 1. The maximum atomic E-state index is 6.06. The molecule has 0 amide bonds. The highest BCUT2D eigenvalue weighted by Crippen LogP contribution is 2.38. The molecule has 2 aromatic rings. The fourth-order valence-corrected chi connectivity index (χ4v) is 2.45. The molecule has 0 unspecified atom stereocenters. The van der Waals surface area contributed by atoms with Gasteiger partial charge in [0.05, 0.1) is 27.9 Å². The summed E-state index contributed by atoms with van der Waals surface area (Å²) < 4.78 is 21.3. The number of hydrogen-bond donors (Lipinski definition) is 2. The molecule has 0 radical (unpaired) electrons. The monoisotopic (exact) mass is 382 g/mol. The molecule has 2 rings (SSSR count). The van der Waals surface area contributed by atoms with Gasteiger partial charge in [0.1, 0.15) is 12.5 Å². The van der Waals surface area contributed by atoms with Gasteiger partial charge >= 0.3 is 0 Å². The summed E-state index contributed by atoms with van der Waals surface area (Å²) in [6.45, 7) is 0.710. The van der Waals surface area contributed by atoms with Gasteiger partial charge in [0.25, 0.3) is 0 Å². The summed E-state index contributed by atoms with van der Waals surface area (Å²) in [7, 11) is 4.71. The van der Waals surface area contributed by atoms with Crippen LogP contribution in [0.2, 0.25) is 0 Å². The third-order valence-electron chi connectivity index (χ3n) is 3.57. The number of halogens is 1. The van der Waals surface area contributed by atoms with Gasteiger partial charge < -0.3 is 30.0 Å². The van der Waals surface area contributed by atoms with Crippen molar-refractivity contribution in [2.24, 2.45) is 0 Å². The molecule has 0 aliphatic rings. The summed E-state index contributed by atoms with van der Waals surface area (Å²) in [6.07, 6.45) is 2.20. The van der Waals surface area contributed by atoms with Crippen LogP contribution in [0.1, 0.15) is 11.1 Å². The lowest BCUT2D eigenvalue weighted by atomic mass is 10.1. The summed E-state index contributed by atoms with van der Waals surface area (Å²) >= 11 is 5.54. The van der Waals surface area contributed by atoms with Crippen molar-refractivity contribution in [3.05, 3.63) is 29.5 Å². The van der Waals surface area contributed by atoms with E-state index in [0.717, 1.165) is 11.1 Å². The smallest absolute Gasteiger partial charge is 0.226 e. The third-order valence-corrected chi connectivity index (χ3v) is 3.73. The SMILES string of the molecule is COc1cc(Cc2cnc(NCOCCCl)nc2N)cc(OC)c1OC. The Morgan fingerprint density at radius 2 is 1.81 bits per heavy atom. The van der Waals surface area contributed by atoms with E-state index in [-0.39, 0.29) is 6.73 Å². The van der Waals surface area contributed by atoms with Crippen LogP contribution in [-0.2, 0) is 11.2 Å². The summed E-state index contributed by atoms with van der Waals surface area (Å²) in [6, 6.07) is 3.74. The quantitative estimate of drug-likeness (QED) is 0.366. The number of alkyl halides is 1. The van der Waals surface area contributed by atoms with E-state index in [4.69, 9.17) is 36.3 Å². The summed E-state index contributed by atoms with van der Waals surface area (Å²) in [5.74, 6) is 2.91. The second-order valence-corrected chi connectivity index (χ2v) is 5.61. The molecule has 0 bridgehead atoms. The number of benzene rings is 1. The van der Waals surface area contributed by atoms with Crippen LogP contribution < -0.4 is 25.3 Å². The van der Waals surface area contributed by atoms with Crippen molar-refractivity contribution in [3.63, 3.8) is 0 Å². The molecule has 0 atom stereocenters. The highest BCUT2D eigenvalue weighted by molar-refractivity contribution is 6.17. The lowest BCUT2D eigenvalue weighted by molar-refractivity contribution is 0.168. The van der Waals surface area contributed by atoms with Crippen molar-refractivity contribution in [1.29, 1.82) is 0 Å². The van der Waals surface area contributed by atoms with Crippen LogP contribution >= 0.6 is 11.6 Å². The highest BCUT2D eigenvalue weighted by atomic mass is 35.5. The van der Waals surface area contributed by atoms with E-state index in [1.165, 1.54) is 0 Å². The van der Waals surface area contributed by atoms with Crippen molar-refractivity contribution < 1.29 is 18.9 Å². The van der Waals surface area contributed by atoms with E-state index < -0.39 is 0 Å². The Morgan fingerprint density at radius 3 is 2.35 bits per heavy atom. The molecule has 0 fully saturated rings. The Balaban J connectivity index is 2.15. The van der Waals surface area contributed by atoms with Gasteiger partial charge in [-0.05, 0) is 17.7 Å². The van der Waals surface area contributed by atoms with E-state index in [1.54, 1.807) is 27.5 Å². The van der Waals surface area contributed by atoms with Crippen LogP contribution in [0.25, 0.3) is 0 Å². The fourth-order valence-electron chi connectivity index (χ4n) is 2.34. The lowest BCUT2D eigenvalue weighted by Crippen LogP contribution is -2.12. The van der Waals surface area contributed by atoms with Crippen LogP contribution in [0.5, 0.6) is 17.2 Å². The van der Waals surface area contributed by atoms with E-state index in [2.05, 4.69) is 15.3 Å². The molecule has 26 heavy (non-hydrogen) atoms. The Morgan fingerprint density at radius 1 is 1.12 bits per heavy atom. The zero-order valence-corrected chi connectivity index (χ0v) is 15.8. The van der Waals surface area contributed by atoms with Crippen LogP contribution in [-0.4, -0.2) is 50.5 Å². The number of hydrogen-bond acceptors (Lipinski definition) is 8. The Labute approximate surface area is 157 Å². The second-order valence-electron chi connectivity index (χ2n) is 5.23. The minimum Gasteiger partial charge on any atom is -0.493 e. The average Bonchev–Trinajstić information content (AvgIpc) is 2.66. The highest BCUT2D eigenvalue weighted by Gasteiger charge is 2.14. The first-order chi connectivity index (χ1) is 12.6. The minimum atomic E-state index is 0.262. The minimum absolute atomic E-state index is 0.262. The van der Waals surface area contributed by atoms with Gasteiger partial charge in [0.2, 0.25) is 11.7 Å². The summed E-state index contributed by atoms with van der Waals surface area (Å²) in [5.41, 5.74) is 7.77. The predicted molar refractivity (Wildman–Crippen MR) is 101 cm³/mol. The van der Waals surface area contributed by atoms with Crippen LogP contribution in [0.4, 0.5) is 11.8 Å². The van der Waals surface area contributed by atoms with Gasteiger partial charge in [0.15, 0.2) is 11.5 Å². The topological polar surface area (TPSA) is 101 Å². The van der Waals surface area contributed by atoms with Crippen molar-refractivity contribution in [3.8, 4) is 17.2 Å². The molecule has 142 valence electrons. The molecule has 1 heterocycles. The van der Waals surface area contributed by atoms with E-state index >= 15 is 0 Å². The Bertz CT molecular complexity index is 705. The fraction of sp³-hybridized carbons (Fsp3) is 0.412. The number of nitrogens with two attached hydrogens (primary N) is 1. The van der Waals surface area contributed by atoms with Gasteiger partial charge in [-0.15, -0.1) is 11.6 Å². The number of rotatable bonds is 10. The summed E-state index contributed by atoms with van der Waals surface area (Å²) in [4.78, 5) is 8.49. The first-order valence-electron chi connectivity index (χ1n) is 7.90. The molecule has 0 saturated carbocycles. The first-order valence-corrected chi connectivity index (χ1v) is 8.44. The van der Waals surface area contributed by atoms with Gasteiger partial charge in [-0.2, -0.15) is 4.98 Å². The number of nitrogens with zero attached hydrogens (tertiary/aromatic N) is 2. The molecule has 0 aliphatic heterocycles. The van der Waals surface area contributed by atoms with Gasteiger partial charge in [-0.3, -0.25) is 0 Å². The van der Waals surface area contributed by atoms with Gasteiger partial charge in [0, 0.05) is 24.1 Å². The van der Waals surface area contributed by atoms with Gasteiger partial charge in [-0.1, -0.05) is 0 Å². The number of nitrogen functional groups attached to an aromatic ring is 1. The Hall–Kier alpha value is -2.45. The predicted octanol–water partition coefficient (Wildman–Crippen LogP) is 2.30. The molecule has 1 aromatic heterocycles. The van der Waals surface area contributed by atoms with E-state index in [9.17, 15) is 0 Å². The lowest BCUT2D eigenvalue weighted by Gasteiger charge is -2.14. The van der Waals surface area contributed by atoms with Crippen molar-refractivity contribution in [2.75, 3.05) is 51.6 Å². The molecule has 9 heteroatoms. The van der Waals surface area contributed by atoms with Crippen molar-refractivity contribution >= 4 is 23.4 Å². The molecular formula is C17H23ClN4O4. The molecule has 0 spiro atoms. The zero-order chi connectivity index (χ0) is 18.9. The standard InChI is InChI=1S/C17H23ClN4O4/c1-23-13-7-11(8-14(24-2)15(13)25-3)6-12-9-20-17(22-16(12)19)21-10-26-5-4-18/h7-9H,4-6,10H2,1-3H3,(H3,19,20,21,22). The van der Waals surface area contributed by atoms with Gasteiger partial charge in [-0.25, -0.2) is 4.98 Å². The van der Waals surface area contributed by atoms with Crippen molar-refractivity contribution in [1.82, 2.24) is 9.97 Å². The molecule has 0 aliphatic carbocycles. The first kappa shape index (κ1) is 19.9. The van der Waals surface area contributed by atoms with Crippen molar-refractivity contribution in [2.45, 2.75) is 6.42 Å². The molecular weight excluding hydrogens is 360 g/mol. The maximum Gasteiger partial charge on any atom is 0.226 e. The molecule has 1 aromatic carbocycles. The zero-order valence-electron chi connectivity index (χ0n) is 15.0. The largest absolute Gasteiger partial charge is 0.493 e. The molecule has 8 nitrogen and oxygen atoms in total. The van der Waals surface area contributed by atoms with Crippen LogP contribution in [0.3, 0.4) is 0 Å².